The van der Waals surface area contributed by atoms with Crippen LogP contribution in [0.2, 0.25) is 10.0 Å². The zero-order chi connectivity index (χ0) is 29.1. The molecular weight excluding hydrogens is 583 g/mol. The van der Waals surface area contributed by atoms with E-state index in [0.717, 1.165) is 37.0 Å². The Labute approximate surface area is 250 Å². The molecule has 2 aliphatic carbocycles. The second-order valence-electron chi connectivity index (χ2n) is 11.2. The Kier molecular flexibility index (Phi) is 6.60. The maximum atomic E-state index is 11.7. The van der Waals surface area contributed by atoms with Gasteiger partial charge in [-0.1, -0.05) is 45.7 Å². The molecular formula is C30H26Cl2N4O6. The molecule has 0 unspecified atom stereocenters. The summed E-state index contributed by atoms with van der Waals surface area (Å²) in [5.74, 6) is 1.06. The molecule has 3 aromatic heterocycles. The first-order valence-electron chi connectivity index (χ1n) is 13.7. The molecule has 2 saturated heterocycles. The van der Waals surface area contributed by atoms with E-state index in [1.165, 1.54) is 13.2 Å². The average Bonchev–Trinajstić information content (AvgIpc) is 3.56. The number of hydrogen-bond donors (Lipinski definition) is 1. The van der Waals surface area contributed by atoms with E-state index in [1.807, 2.05) is 0 Å². The summed E-state index contributed by atoms with van der Waals surface area (Å²) in [5.41, 5.74) is 1.83. The molecule has 0 atom stereocenters. The second-order valence-corrected chi connectivity index (χ2v) is 12.0. The number of methoxy groups -OCH3 is 1. The van der Waals surface area contributed by atoms with Gasteiger partial charge in [-0.2, -0.15) is 4.98 Å². The summed E-state index contributed by atoms with van der Waals surface area (Å²) in [7, 11) is 1.43. The molecule has 2 aliphatic heterocycles. The molecule has 0 radical (unpaired) electrons. The van der Waals surface area contributed by atoms with Crippen LogP contribution in [-0.2, 0) is 10.3 Å². The molecule has 42 heavy (non-hydrogen) atoms. The summed E-state index contributed by atoms with van der Waals surface area (Å²) < 4.78 is 23.1. The van der Waals surface area contributed by atoms with Crippen LogP contribution in [0, 0.1) is 5.41 Å². The van der Waals surface area contributed by atoms with E-state index in [9.17, 15) is 9.90 Å². The minimum Gasteiger partial charge on any atom is -0.496 e. The third-order valence-corrected chi connectivity index (χ3v) is 9.16. The minimum absolute atomic E-state index is 0.0250. The van der Waals surface area contributed by atoms with Crippen molar-refractivity contribution in [2.45, 2.75) is 50.0 Å². The fourth-order valence-electron chi connectivity index (χ4n) is 5.94. The normalized spacial score (nSPS) is 23.5. The largest absolute Gasteiger partial charge is 0.496 e. The van der Waals surface area contributed by atoms with Crippen molar-refractivity contribution in [2.24, 2.45) is 5.41 Å². The average molecular weight is 609 g/mol. The number of fused-ring (bicyclic) bond motifs is 3. The first kappa shape index (κ1) is 27.1. The van der Waals surface area contributed by atoms with Gasteiger partial charge in [-0.25, -0.2) is 4.79 Å². The molecule has 0 spiro atoms. The van der Waals surface area contributed by atoms with Crippen LogP contribution in [0.25, 0.3) is 28.7 Å². The highest BCUT2D eigenvalue weighted by atomic mass is 35.5. The SMILES string of the molecule is COc1ccc(-c2noc(C34CCC(C=Cc5c(-c6c(Cl)cncc6Cl)noc5C5CC5)(CC3)CO4)n2)cc1C(=O)O. The van der Waals surface area contributed by atoms with Crippen LogP contribution in [0.4, 0.5) is 0 Å². The van der Waals surface area contributed by atoms with Gasteiger partial charge in [-0.15, -0.1) is 0 Å². The number of benzene rings is 1. The minimum atomic E-state index is -1.10. The van der Waals surface area contributed by atoms with Crippen LogP contribution in [0.1, 0.15) is 72.0 Å². The maximum Gasteiger partial charge on any atom is 0.339 e. The first-order valence-corrected chi connectivity index (χ1v) is 14.5. The van der Waals surface area contributed by atoms with Gasteiger partial charge in [-0.3, -0.25) is 4.98 Å². The smallest absolute Gasteiger partial charge is 0.339 e. The van der Waals surface area contributed by atoms with Gasteiger partial charge >= 0.3 is 5.97 Å². The van der Waals surface area contributed by atoms with Crippen molar-refractivity contribution in [3.05, 3.63) is 69.5 Å². The van der Waals surface area contributed by atoms with Crippen LogP contribution in [0.3, 0.4) is 0 Å². The van der Waals surface area contributed by atoms with Crippen molar-refractivity contribution >= 4 is 35.2 Å². The standard InChI is InChI=1S/C30H26Cl2N4O6/c1-39-22-5-4-17(12-19(22)27(37)38)26-34-28(42-36-26)30-10-8-29(9-11-30,15-40-30)7-6-18-24(35-41-25(18)16-2-3-16)23-20(31)13-33-14-21(23)32/h4-7,12-14,16H,2-3,8-11,15H2,1H3,(H,37,38). The van der Waals surface area contributed by atoms with E-state index < -0.39 is 11.6 Å². The zero-order valence-electron chi connectivity index (χ0n) is 22.6. The van der Waals surface area contributed by atoms with Gasteiger partial charge < -0.3 is 23.6 Å². The molecule has 1 aromatic carbocycles. The number of aromatic nitrogens is 4. The molecule has 0 amide bonds. The van der Waals surface area contributed by atoms with Crippen LogP contribution in [0.5, 0.6) is 5.75 Å². The Bertz CT molecular complexity index is 1680. The molecule has 216 valence electrons. The molecule has 4 aromatic rings. The topological polar surface area (TPSA) is 134 Å². The summed E-state index contributed by atoms with van der Waals surface area (Å²) in [5, 5.41) is 18.9. The van der Waals surface area contributed by atoms with Crippen LogP contribution < -0.4 is 4.74 Å². The first-order chi connectivity index (χ1) is 20.3. The van der Waals surface area contributed by atoms with E-state index in [-0.39, 0.29) is 16.7 Å². The number of pyridine rings is 1. The van der Waals surface area contributed by atoms with Crippen molar-refractivity contribution < 1.29 is 28.4 Å². The van der Waals surface area contributed by atoms with Gasteiger partial charge in [0, 0.05) is 40.4 Å². The van der Waals surface area contributed by atoms with Gasteiger partial charge in [0.1, 0.15) is 28.4 Å². The van der Waals surface area contributed by atoms with Gasteiger partial charge in [-0.05, 0) is 56.7 Å². The Morgan fingerprint density at radius 1 is 1.10 bits per heavy atom. The third-order valence-electron chi connectivity index (χ3n) is 8.59. The summed E-state index contributed by atoms with van der Waals surface area (Å²) >= 11 is 13.0. The lowest BCUT2D eigenvalue weighted by atomic mass is 9.65. The molecule has 12 heteroatoms. The number of carbonyl (C=O) groups is 1. The van der Waals surface area contributed by atoms with Crippen LogP contribution in [0.15, 0.2) is 45.7 Å². The Hall–Kier alpha value is -3.73. The predicted octanol–water partition coefficient (Wildman–Crippen LogP) is 7.18. The van der Waals surface area contributed by atoms with Crippen LogP contribution in [-0.4, -0.2) is 45.1 Å². The zero-order valence-corrected chi connectivity index (χ0v) is 24.1. The van der Waals surface area contributed by atoms with Gasteiger partial charge in [0.25, 0.3) is 5.89 Å². The van der Waals surface area contributed by atoms with E-state index in [2.05, 4.69) is 32.4 Å². The molecule has 5 heterocycles. The maximum absolute atomic E-state index is 11.7. The third kappa shape index (κ3) is 4.58. The number of hydrogen-bond acceptors (Lipinski definition) is 9. The molecule has 4 fully saturated rings. The summed E-state index contributed by atoms with van der Waals surface area (Å²) in [6.45, 7) is 0.489. The van der Waals surface area contributed by atoms with Gasteiger partial charge in [0.2, 0.25) is 5.82 Å². The van der Waals surface area contributed by atoms with Crippen molar-refractivity contribution in [3.8, 4) is 28.4 Å². The molecule has 8 rings (SSSR count). The number of halogens is 2. The molecule has 1 N–H and O–H groups in total. The fraction of sp³-hybridized carbons (Fsp3) is 0.367. The van der Waals surface area contributed by atoms with E-state index >= 15 is 0 Å². The summed E-state index contributed by atoms with van der Waals surface area (Å²) in [6, 6.07) is 4.77. The number of aromatic carboxylic acids is 1. The number of rotatable bonds is 8. The van der Waals surface area contributed by atoms with E-state index in [0.29, 0.717) is 63.9 Å². The molecule has 2 bridgehead atoms. The van der Waals surface area contributed by atoms with Crippen LogP contribution >= 0.6 is 23.2 Å². The van der Waals surface area contributed by atoms with Crippen molar-refractivity contribution in [1.82, 2.24) is 20.3 Å². The van der Waals surface area contributed by atoms with E-state index in [1.54, 1.807) is 24.5 Å². The Balaban J connectivity index is 1.13. The highest BCUT2D eigenvalue weighted by Gasteiger charge is 2.52. The molecule has 2 saturated carbocycles. The summed E-state index contributed by atoms with van der Waals surface area (Å²) in [4.78, 5) is 20.4. The number of nitrogens with zero attached hydrogens (tertiary/aromatic N) is 4. The van der Waals surface area contributed by atoms with Crippen molar-refractivity contribution in [2.75, 3.05) is 13.7 Å². The van der Waals surface area contributed by atoms with E-state index in [4.69, 9.17) is 41.7 Å². The summed E-state index contributed by atoms with van der Waals surface area (Å²) in [6.07, 6.45) is 12.7. The molecule has 10 nitrogen and oxygen atoms in total. The lowest BCUT2D eigenvalue weighted by molar-refractivity contribution is -0.186. The molecule has 4 aliphatic rings. The lowest BCUT2D eigenvalue weighted by Crippen LogP contribution is -2.48. The fourth-order valence-corrected chi connectivity index (χ4v) is 6.49. The number of carboxylic acids is 1. The Morgan fingerprint density at radius 2 is 1.86 bits per heavy atom. The van der Waals surface area contributed by atoms with Gasteiger partial charge in [0.15, 0.2) is 0 Å². The second kappa shape index (κ2) is 10.2. The number of ether oxygens (including phenoxy) is 2. The number of carboxylic acid groups (broad SMARTS) is 1. The van der Waals surface area contributed by atoms with Crippen molar-refractivity contribution in [1.29, 1.82) is 0 Å². The Morgan fingerprint density at radius 3 is 2.50 bits per heavy atom. The quantitative estimate of drug-likeness (QED) is 0.219. The van der Waals surface area contributed by atoms with Crippen molar-refractivity contribution in [3.63, 3.8) is 0 Å². The van der Waals surface area contributed by atoms with Gasteiger partial charge in [0.05, 0.1) is 23.8 Å². The predicted molar refractivity (Wildman–Crippen MR) is 153 cm³/mol. The highest BCUT2D eigenvalue weighted by Crippen LogP contribution is 2.55. The lowest BCUT2D eigenvalue weighted by Gasteiger charge is -2.50. The monoisotopic (exact) mass is 608 g/mol. The highest BCUT2D eigenvalue weighted by molar-refractivity contribution is 6.39.